The normalized spacial score (nSPS) is 24.6. The van der Waals surface area contributed by atoms with Gasteiger partial charge in [0, 0.05) is 32.7 Å². The Hall–Kier alpha value is -0.210. The van der Waals surface area contributed by atoms with Gasteiger partial charge in [-0.25, -0.2) is 0 Å². The summed E-state index contributed by atoms with van der Waals surface area (Å²) in [7, 11) is -3.27. The van der Waals surface area contributed by atoms with E-state index in [2.05, 4.69) is 0 Å². The van der Waals surface area contributed by atoms with E-state index < -0.39 is 10.2 Å². The maximum atomic E-state index is 12.6. The lowest BCUT2D eigenvalue weighted by Crippen LogP contribution is -2.48. The summed E-state index contributed by atoms with van der Waals surface area (Å²) in [6.45, 7) is 3.55. The van der Waals surface area contributed by atoms with E-state index in [9.17, 15) is 8.42 Å². The lowest BCUT2D eigenvalue weighted by atomic mass is 10.1. The summed E-state index contributed by atoms with van der Waals surface area (Å²) in [5, 5.41) is 0. The van der Waals surface area contributed by atoms with Crippen molar-refractivity contribution in [3.8, 4) is 0 Å². The average Bonchev–Trinajstić information content (AvgIpc) is 2.75. The van der Waals surface area contributed by atoms with Gasteiger partial charge >= 0.3 is 0 Å². The molecule has 7 heteroatoms. The molecule has 0 radical (unpaired) electrons. The second kappa shape index (κ2) is 7.70. The fourth-order valence-corrected chi connectivity index (χ4v) is 4.62. The Bertz CT molecular complexity index is 372. The summed E-state index contributed by atoms with van der Waals surface area (Å²) in [5.41, 5.74) is 5.42. The molecule has 2 fully saturated rings. The summed E-state index contributed by atoms with van der Waals surface area (Å²) >= 11 is 0. The van der Waals surface area contributed by atoms with Crippen molar-refractivity contribution in [2.75, 3.05) is 39.3 Å². The van der Waals surface area contributed by atoms with E-state index in [1.807, 2.05) is 0 Å². The highest BCUT2D eigenvalue weighted by Crippen LogP contribution is 2.21. The predicted molar refractivity (Wildman–Crippen MR) is 78.6 cm³/mol. The Balaban J connectivity index is 1.87. The van der Waals surface area contributed by atoms with E-state index in [1.165, 1.54) is 0 Å². The van der Waals surface area contributed by atoms with Gasteiger partial charge in [-0.05, 0) is 25.7 Å². The summed E-state index contributed by atoms with van der Waals surface area (Å²) in [6, 6.07) is 0. The van der Waals surface area contributed by atoms with E-state index in [4.69, 9.17) is 10.5 Å². The Morgan fingerprint density at radius 1 is 0.950 bits per heavy atom. The van der Waals surface area contributed by atoms with Crippen LogP contribution in [-0.4, -0.2) is 62.5 Å². The van der Waals surface area contributed by atoms with E-state index >= 15 is 0 Å². The van der Waals surface area contributed by atoms with Crippen molar-refractivity contribution < 1.29 is 13.2 Å². The first-order chi connectivity index (χ1) is 9.64. The lowest BCUT2D eigenvalue weighted by molar-refractivity contribution is 0.0249. The number of ether oxygens (including phenoxy) is 1. The van der Waals surface area contributed by atoms with Crippen LogP contribution < -0.4 is 5.73 Å². The largest absolute Gasteiger partial charge is 0.377 e. The van der Waals surface area contributed by atoms with Gasteiger partial charge in [0.25, 0.3) is 10.2 Å². The molecule has 0 bridgehead atoms. The highest BCUT2D eigenvalue weighted by molar-refractivity contribution is 7.86. The zero-order valence-corrected chi connectivity index (χ0v) is 13.0. The van der Waals surface area contributed by atoms with Crippen molar-refractivity contribution in [3.63, 3.8) is 0 Å². The second-order valence-electron chi connectivity index (χ2n) is 5.58. The molecule has 2 N–H and O–H groups in total. The summed E-state index contributed by atoms with van der Waals surface area (Å²) in [6.07, 6.45) is 5.95. The fourth-order valence-electron chi connectivity index (χ4n) is 2.90. The molecule has 0 unspecified atom stereocenters. The molecule has 2 saturated heterocycles. The van der Waals surface area contributed by atoms with Crippen LogP contribution in [0.25, 0.3) is 0 Å². The van der Waals surface area contributed by atoms with Crippen molar-refractivity contribution >= 4 is 10.2 Å². The van der Waals surface area contributed by atoms with Crippen molar-refractivity contribution in [1.82, 2.24) is 8.61 Å². The van der Waals surface area contributed by atoms with E-state index in [1.54, 1.807) is 8.61 Å². The Morgan fingerprint density at radius 3 is 2.05 bits per heavy atom. The molecule has 20 heavy (non-hydrogen) atoms. The first-order valence-corrected chi connectivity index (χ1v) is 9.11. The molecule has 0 atom stereocenters. The monoisotopic (exact) mass is 305 g/mol. The Morgan fingerprint density at radius 2 is 1.50 bits per heavy atom. The van der Waals surface area contributed by atoms with Crippen molar-refractivity contribution in [2.45, 2.75) is 44.6 Å². The van der Waals surface area contributed by atoms with E-state index in [-0.39, 0.29) is 6.10 Å². The van der Waals surface area contributed by atoms with Crippen LogP contribution in [0.1, 0.15) is 38.5 Å². The van der Waals surface area contributed by atoms with Crippen LogP contribution in [0.15, 0.2) is 0 Å². The molecular weight excluding hydrogens is 278 g/mol. The number of hydrogen-bond donors (Lipinski definition) is 1. The van der Waals surface area contributed by atoms with Gasteiger partial charge in [0.15, 0.2) is 0 Å². The van der Waals surface area contributed by atoms with Gasteiger partial charge in [-0.15, -0.1) is 0 Å². The molecule has 0 aromatic heterocycles. The summed E-state index contributed by atoms with van der Waals surface area (Å²) in [4.78, 5) is 0. The first kappa shape index (κ1) is 16.2. The topological polar surface area (TPSA) is 75.9 Å². The average molecular weight is 305 g/mol. The van der Waals surface area contributed by atoms with Gasteiger partial charge in [-0.1, -0.05) is 12.8 Å². The van der Waals surface area contributed by atoms with Crippen LogP contribution in [-0.2, 0) is 14.9 Å². The minimum atomic E-state index is -3.27. The van der Waals surface area contributed by atoms with Crippen LogP contribution in [0, 0.1) is 0 Å². The third-order valence-electron chi connectivity index (χ3n) is 4.09. The van der Waals surface area contributed by atoms with Crippen molar-refractivity contribution in [2.24, 2.45) is 5.73 Å². The van der Waals surface area contributed by atoms with Crippen LogP contribution >= 0.6 is 0 Å². The Kier molecular flexibility index (Phi) is 6.22. The van der Waals surface area contributed by atoms with Gasteiger partial charge in [-0.2, -0.15) is 17.0 Å². The molecule has 0 spiro atoms. The van der Waals surface area contributed by atoms with Crippen molar-refractivity contribution in [3.05, 3.63) is 0 Å². The maximum absolute atomic E-state index is 12.6. The minimum Gasteiger partial charge on any atom is -0.377 e. The molecule has 0 aromatic carbocycles. The van der Waals surface area contributed by atoms with Crippen LogP contribution in [0.5, 0.6) is 0 Å². The summed E-state index contributed by atoms with van der Waals surface area (Å²) < 4.78 is 34.1. The molecule has 0 amide bonds. The smallest absolute Gasteiger partial charge is 0.281 e. The minimum absolute atomic E-state index is 0.161. The third kappa shape index (κ3) is 4.14. The number of rotatable bonds is 5. The van der Waals surface area contributed by atoms with Crippen molar-refractivity contribution in [1.29, 1.82) is 0 Å². The van der Waals surface area contributed by atoms with Gasteiger partial charge < -0.3 is 10.5 Å². The number of nitrogens with two attached hydrogens (primary N) is 1. The zero-order chi connectivity index (χ0) is 14.4. The van der Waals surface area contributed by atoms with Crippen LogP contribution in [0.2, 0.25) is 0 Å². The third-order valence-corrected chi connectivity index (χ3v) is 6.13. The van der Waals surface area contributed by atoms with Gasteiger partial charge in [-0.3, -0.25) is 0 Å². The molecule has 118 valence electrons. The maximum Gasteiger partial charge on any atom is 0.281 e. The summed E-state index contributed by atoms with van der Waals surface area (Å²) in [5.74, 6) is 0. The number of piperidine rings is 1. The molecule has 2 heterocycles. The Labute approximate surface area is 122 Å². The molecule has 2 aliphatic heterocycles. The van der Waals surface area contributed by atoms with Crippen LogP contribution in [0.3, 0.4) is 0 Å². The molecule has 2 rings (SSSR count). The predicted octanol–water partition coefficient (Wildman–Crippen LogP) is 0.547. The molecule has 2 aliphatic rings. The standard InChI is InChI=1S/C13H27N3O3S/c14-7-12-19-13-5-10-16(11-6-13)20(17,18)15-8-3-1-2-4-9-15/h13H,1-12,14H2. The highest BCUT2D eigenvalue weighted by atomic mass is 32.2. The van der Waals surface area contributed by atoms with Gasteiger partial charge in [0.2, 0.25) is 0 Å². The second-order valence-corrected chi connectivity index (χ2v) is 7.51. The van der Waals surface area contributed by atoms with E-state index in [0.29, 0.717) is 39.3 Å². The zero-order valence-electron chi connectivity index (χ0n) is 12.2. The molecule has 0 saturated carbocycles. The highest BCUT2D eigenvalue weighted by Gasteiger charge is 2.33. The number of nitrogens with zero attached hydrogens (tertiary/aromatic N) is 2. The quantitative estimate of drug-likeness (QED) is 0.804. The SMILES string of the molecule is NCCOC1CCN(S(=O)(=O)N2CCCCCC2)CC1. The fraction of sp³-hybridized carbons (Fsp3) is 1.00. The van der Waals surface area contributed by atoms with Crippen LogP contribution in [0.4, 0.5) is 0 Å². The lowest BCUT2D eigenvalue weighted by Gasteiger charge is -2.34. The van der Waals surface area contributed by atoms with E-state index in [0.717, 1.165) is 38.5 Å². The number of hydrogen-bond acceptors (Lipinski definition) is 4. The molecular formula is C13H27N3O3S. The van der Waals surface area contributed by atoms with Gasteiger partial charge in [0.1, 0.15) is 0 Å². The first-order valence-electron chi connectivity index (χ1n) is 7.71. The molecule has 0 aromatic rings. The van der Waals surface area contributed by atoms with Gasteiger partial charge in [0.05, 0.1) is 12.7 Å². The molecule has 6 nitrogen and oxygen atoms in total. The molecule has 0 aliphatic carbocycles.